The Bertz CT molecular complexity index is 922. The van der Waals surface area contributed by atoms with Crippen LogP contribution in [0.15, 0.2) is 29.2 Å². The molecule has 0 fully saturated rings. The molecule has 148 valence electrons. The van der Waals surface area contributed by atoms with E-state index in [0.717, 1.165) is 43.0 Å². The Kier molecular flexibility index (Phi) is 5.26. The van der Waals surface area contributed by atoms with Crippen molar-refractivity contribution in [2.75, 3.05) is 27.2 Å². The summed E-state index contributed by atoms with van der Waals surface area (Å²) < 4.78 is 1.90. The van der Waals surface area contributed by atoms with Crippen LogP contribution in [0.1, 0.15) is 41.7 Å². The SMILES string of the molecule is CN(C)C[C@H]1CCCc2nc3c(c(=O)n21)CN(C(=O)Cc1ccccn1)CC3. The first-order valence-electron chi connectivity index (χ1n) is 9.98. The van der Waals surface area contributed by atoms with Crippen LogP contribution in [0.25, 0.3) is 0 Å². The van der Waals surface area contributed by atoms with E-state index >= 15 is 0 Å². The molecule has 1 atom stereocenters. The van der Waals surface area contributed by atoms with Crippen molar-refractivity contribution in [2.45, 2.75) is 44.7 Å². The Hall–Kier alpha value is -2.54. The van der Waals surface area contributed by atoms with E-state index in [1.165, 1.54) is 0 Å². The molecule has 7 heteroatoms. The van der Waals surface area contributed by atoms with Gasteiger partial charge in [0.25, 0.3) is 5.56 Å². The largest absolute Gasteiger partial charge is 0.337 e. The summed E-state index contributed by atoms with van der Waals surface area (Å²) in [5, 5.41) is 0. The maximum absolute atomic E-state index is 13.3. The lowest BCUT2D eigenvalue weighted by Gasteiger charge is -2.33. The fraction of sp³-hybridized carbons (Fsp3) is 0.524. The normalized spacial score (nSPS) is 18.7. The van der Waals surface area contributed by atoms with Crippen LogP contribution in [0, 0.1) is 0 Å². The van der Waals surface area contributed by atoms with Gasteiger partial charge in [-0.25, -0.2) is 4.98 Å². The van der Waals surface area contributed by atoms with Crippen LogP contribution >= 0.6 is 0 Å². The molecule has 0 radical (unpaired) electrons. The molecule has 2 aliphatic rings. The summed E-state index contributed by atoms with van der Waals surface area (Å²) in [4.78, 5) is 39.0. The van der Waals surface area contributed by atoms with Crippen LogP contribution < -0.4 is 5.56 Å². The summed E-state index contributed by atoms with van der Waals surface area (Å²) in [5.74, 6) is 0.923. The van der Waals surface area contributed by atoms with Crippen LogP contribution in [0.2, 0.25) is 0 Å². The number of amides is 1. The fourth-order valence-electron chi connectivity index (χ4n) is 4.29. The molecule has 0 N–H and O–H groups in total. The molecule has 1 amide bonds. The van der Waals surface area contributed by atoms with Crippen LogP contribution in [0.3, 0.4) is 0 Å². The van der Waals surface area contributed by atoms with Crippen LogP contribution in [0.5, 0.6) is 0 Å². The minimum Gasteiger partial charge on any atom is -0.337 e. The number of nitrogens with zero attached hydrogens (tertiary/aromatic N) is 5. The highest BCUT2D eigenvalue weighted by Crippen LogP contribution is 2.25. The summed E-state index contributed by atoms with van der Waals surface area (Å²) in [7, 11) is 4.06. The maximum atomic E-state index is 13.3. The molecule has 4 rings (SSSR count). The van der Waals surface area contributed by atoms with Crippen molar-refractivity contribution in [3.05, 3.63) is 57.5 Å². The Morgan fingerprint density at radius 3 is 2.89 bits per heavy atom. The number of aryl methyl sites for hydroxylation is 1. The molecule has 2 aromatic heterocycles. The van der Waals surface area contributed by atoms with Gasteiger partial charge in [0, 0.05) is 37.8 Å². The summed E-state index contributed by atoms with van der Waals surface area (Å²) >= 11 is 0. The van der Waals surface area contributed by atoms with E-state index in [1.807, 2.05) is 36.9 Å². The molecule has 0 bridgehead atoms. The molecule has 28 heavy (non-hydrogen) atoms. The molecule has 7 nitrogen and oxygen atoms in total. The minimum atomic E-state index is 0.0105. The third-order valence-corrected chi connectivity index (χ3v) is 5.62. The molecular weight excluding hydrogens is 354 g/mol. The summed E-state index contributed by atoms with van der Waals surface area (Å²) in [6.07, 6.45) is 5.52. The molecule has 2 aliphatic heterocycles. The second-order valence-electron chi connectivity index (χ2n) is 8.00. The van der Waals surface area contributed by atoms with Crippen molar-refractivity contribution < 1.29 is 4.79 Å². The number of hydrogen-bond acceptors (Lipinski definition) is 5. The highest BCUT2D eigenvalue weighted by atomic mass is 16.2. The van der Waals surface area contributed by atoms with Crippen molar-refractivity contribution in [1.29, 1.82) is 0 Å². The Morgan fingerprint density at radius 1 is 1.29 bits per heavy atom. The van der Waals surface area contributed by atoms with Crippen LogP contribution in [0.4, 0.5) is 0 Å². The lowest BCUT2D eigenvalue weighted by Crippen LogP contribution is -2.45. The lowest BCUT2D eigenvalue weighted by molar-refractivity contribution is -0.131. The van der Waals surface area contributed by atoms with Crippen molar-refractivity contribution in [1.82, 2.24) is 24.3 Å². The van der Waals surface area contributed by atoms with Gasteiger partial charge >= 0.3 is 0 Å². The van der Waals surface area contributed by atoms with Gasteiger partial charge in [0.2, 0.25) is 5.91 Å². The van der Waals surface area contributed by atoms with E-state index in [-0.39, 0.29) is 23.9 Å². The average Bonchev–Trinajstić information content (AvgIpc) is 2.68. The third kappa shape index (κ3) is 3.71. The molecule has 0 spiro atoms. The first kappa shape index (κ1) is 18.8. The van der Waals surface area contributed by atoms with Gasteiger partial charge in [0.15, 0.2) is 0 Å². The molecule has 0 aromatic carbocycles. The lowest BCUT2D eigenvalue weighted by atomic mass is 10.0. The molecule has 0 saturated carbocycles. The van der Waals surface area contributed by atoms with Crippen LogP contribution in [-0.2, 0) is 30.6 Å². The number of rotatable bonds is 4. The number of hydrogen-bond donors (Lipinski definition) is 0. The van der Waals surface area contributed by atoms with Gasteiger partial charge in [-0.2, -0.15) is 0 Å². The highest BCUT2D eigenvalue weighted by Gasteiger charge is 2.30. The van der Waals surface area contributed by atoms with Crippen molar-refractivity contribution in [2.24, 2.45) is 0 Å². The van der Waals surface area contributed by atoms with Gasteiger partial charge in [-0.05, 0) is 39.1 Å². The predicted molar refractivity (Wildman–Crippen MR) is 106 cm³/mol. The average molecular weight is 381 g/mol. The second kappa shape index (κ2) is 7.83. The van der Waals surface area contributed by atoms with Crippen molar-refractivity contribution in [3.8, 4) is 0 Å². The first-order valence-corrected chi connectivity index (χ1v) is 9.98. The minimum absolute atomic E-state index is 0.0105. The van der Waals surface area contributed by atoms with E-state index in [9.17, 15) is 9.59 Å². The zero-order chi connectivity index (χ0) is 19.7. The number of pyridine rings is 1. The van der Waals surface area contributed by atoms with Gasteiger partial charge < -0.3 is 9.80 Å². The highest BCUT2D eigenvalue weighted by molar-refractivity contribution is 5.78. The van der Waals surface area contributed by atoms with Crippen molar-refractivity contribution in [3.63, 3.8) is 0 Å². The van der Waals surface area contributed by atoms with E-state index in [4.69, 9.17) is 4.98 Å². The molecule has 0 saturated heterocycles. The number of likely N-dealkylation sites (N-methyl/N-ethyl adjacent to an activating group) is 1. The summed E-state index contributed by atoms with van der Waals surface area (Å²) in [6, 6.07) is 5.73. The molecule has 0 unspecified atom stereocenters. The molecule has 4 heterocycles. The van der Waals surface area contributed by atoms with Gasteiger partial charge in [0.05, 0.1) is 30.3 Å². The van der Waals surface area contributed by atoms with E-state index < -0.39 is 0 Å². The number of carbonyl (C=O) groups excluding carboxylic acids is 1. The first-order chi connectivity index (χ1) is 13.5. The smallest absolute Gasteiger partial charge is 0.259 e. The monoisotopic (exact) mass is 381 g/mol. The van der Waals surface area contributed by atoms with Gasteiger partial charge in [-0.3, -0.25) is 19.1 Å². The standard InChI is InChI=1S/C21H27N5O2/c1-24(2)13-16-7-5-8-19-23-18-9-11-25(14-17(18)21(28)26(16)19)20(27)12-15-6-3-4-10-22-15/h3-4,6,10,16H,5,7-9,11-14H2,1-2H3/t16-/m1/s1. The van der Waals surface area contributed by atoms with Crippen LogP contribution in [-0.4, -0.2) is 57.4 Å². The topological polar surface area (TPSA) is 71.3 Å². The summed E-state index contributed by atoms with van der Waals surface area (Å²) in [5.41, 5.74) is 2.37. The maximum Gasteiger partial charge on any atom is 0.259 e. The molecule has 0 aliphatic carbocycles. The number of aromatic nitrogens is 3. The molecular formula is C21H27N5O2. The van der Waals surface area contributed by atoms with E-state index in [0.29, 0.717) is 25.1 Å². The Morgan fingerprint density at radius 2 is 2.14 bits per heavy atom. The van der Waals surface area contributed by atoms with Crippen molar-refractivity contribution >= 4 is 5.91 Å². The number of carbonyl (C=O) groups is 1. The predicted octanol–water partition coefficient (Wildman–Crippen LogP) is 1.20. The Balaban J connectivity index is 1.60. The van der Waals surface area contributed by atoms with Gasteiger partial charge in [-0.15, -0.1) is 0 Å². The zero-order valence-corrected chi connectivity index (χ0v) is 16.6. The second-order valence-corrected chi connectivity index (χ2v) is 8.00. The molecule has 2 aromatic rings. The van der Waals surface area contributed by atoms with Gasteiger partial charge in [0.1, 0.15) is 5.82 Å². The van der Waals surface area contributed by atoms with Gasteiger partial charge in [-0.1, -0.05) is 6.07 Å². The van der Waals surface area contributed by atoms with E-state index in [1.54, 1.807) is 11.1 Å². The Labute approximate surface area is 165 Å². The van der Waals surface area contributed by atoms with E-state index in [2.05, 4.69) is 9.88 Å². The number of fused-ring (bicyclic) bond motifs is 2. The quantitative estimate of drug-likeness (QED) is 0.796. The third-order valence-electron chi connectivity index (χ3n) is 5.62. The fourth-order valence-corrected chi connectivity index (χ4v) is 4.29. The zero-order valence-electron chi connectivity index (χ0n) is 16.6. The summed E-state index contributed by atoms with van der Waals surface area (Å²) in [6.45, 7) is 1.78.